The molecule has 1 aromatic carbocycles. The smallest absolute Gasteiger partial charge is 0.104 e. The van der Waals surface area contributed by atoms with Crippen LogP contribution in [0.15, 0.2) is 18.2 Å². The molecule has 0 aliphatic heterocycles. The highest BCUT2D eigenvalue weighted by Gasteiger charge is 2.08. The third kappa shape index (κ3) is 2.83. The summed E-state index contributed by atoms with van der Waals surface area (Å²) in [6.07, 6.45) is 0. The molecular formula is C11H15ClN2S. The van der Waals surface area contributed by atoms with Crippen molar-refractivity contribution in [2.45, 2.75) is 13.8 Å². The zero-order valence-corrected chi connectivity index (χ0v) is 10.5. The molecule has 0 bridgehead atoms. The maximum absolute atomic E-state index is 6.17. The van der Waals surface area contributed by atoms with Crippen molar-refractivity contribution >= 4 is 34.5 Å². The Balaban J connectivity index is 3.07. The monoisotopic (exact) mass is 242 g/mol. The average Bonchev–Trinajstić information content (AvgIpc) is 2.21. The van der Waals surface area contributed by atoms with Gasteiger partial charge in [0, 0.05) is 18.7 Å². The molecule has 0 heterocycles. The molecule has 0 unspecified atom stereocenters. The van der Waals surface area contributed by atoms with E-state index in [0.29, 0.717) is 10.0 Å². The van der Waals surface area contributed by atoms with E-state index in [2.05, 4.69) is 18.7 Å². The average molecular weight is 243 g/mol. The van der Waals surface area contributed by atoms with E-state index in [-0.39, 0.29) is 0 Å². The molecule has 82 valence electrons. The van der Waals surface area contributed by atoms with Crippen LogP contribution in [0, 0.1) is 0 Å². The molecule has 0 saturated carbocycles. The predicted molar refractivity (Wildman–Crippen MR) is 70.9 cm³/mol. The molecule has 0 aliphatic rings. The summed E-state index contributed by atoms with van der Waals surface area (Å²) in [6.45, 7) is 6.06. The standard InChI is InChI=1S/C11H15ClN2S/c1-3-14(4-2)10-6-5-8(11(13)15)7-9(10)12/h5-7H,3-4H2,1-2H3,(H2,13,15). The summed E-state index contributed by atoms with van der Waals surface area (Å²) < 4.78 is 0. The number of benzene rings is 1. The molecule has 4 heteroatoms. The Morgan fingerprint density at radius 3 is 2.40 bits per heavy atom. The highest BCUT2D eigenvalue weighted by Crippen LogP contribution is 2.26. The quantitative estimate of drug-likeness (QED) is 0.824. The summed E-state index contributed by atoms with van der Waals surface area (Å²) in [6, 6.07) is 5.68. The summed E-state index contributed by atoms with van der Waals surface area (Å²) in [5.74, 6) is 0. The van der Waals surface area contributed by atoms with Gasteiger partial charge in [-0.2, -0.15) is 0 Å². The van der Waals surface area contributed by atoms with Crippen LogP contribution in [0.1, 0.15) is 19.4 Å². The van der Waals surface area contributed by atoms with Crippen molar-refractivity contribution in [3.8, 4) is 0 Å². The minimum atomic E-state index is 0.378. The molecule has 0 aromatic heterocycles. The van der Waals surface area contributed by atoms with Crippen LogP contribution in [0.2, 0.25) is 5.02 Å². The van der Waals surface area contributed by atoms with E-state index in [0.717, 1.165) is 24.3 Å². The first-order valence-electron chi connectivity index (χ1n) is 4.94. The maximum atomic E-state index is 6.17. The number of rotatable bonds is 4. The minimum Gasteiger partial charge on any atom is -0.389 e. The molecule has 1 aromatic rings. The number of halogens is 1. The van der Waals surface area contributed by atoms with Crippen LogP contribution in [-0.4, -0.2) is 18.1 Å². The first-order chi connectivity index (χ1) is 7.10. The van der Waals surface area contributed by atoms with Gasteiger partial charge in [-0.25, -0.2) is 0 Å². The SMILES string of the molecule is CCN(CC)c1ccc(C(N)=S)cc1Cl. The van der Waals surface area contributed by atoms with Gasteiger partial charge in [0.1, 0.15) is 4.99 Å². The van der Waals surface area contributed by atoms with E-state index >= 15 is 0 Å². The van der Waals surface area contributed by atoms with E-state index in [1.807, 2.05) is 18.2 Å². The fourth-order valence-electron chi connectivity index (χ4n) is 1.48. The summed E-state index contributed by atoms with van der Waals surface area (Å²) in [4.78, 5) is 2.56. The topological polar surface area (TPSA) is 29.3 Å². The third-order valence-electron chi connectivity index (χ3n) is 2.34. The van der Waals surface area contributed by atoms with Gasteiger partial charge < -0.3 is 10.6 Å². The molecule has 0 saturated heterocycles. The second-order valence-corrected chi connectivity index (χ2v) is 4.05. The number of anilines is 1. The first kappa shape index (κ1) is 12.3. The van der Waals surface area contributed by atoms with Crippen LogP contribution in [-0.2, 0) is 0 Å². The van der Waals surface area contributed by atoms with Crippen molar-refractivity contribution in [2.75, 3.05) is 18.0 Å². The van der Waals surface area contributed by atoms with Gasteiger partial charge in [0.25, 0.3) is 0 Å². The molecule has 2 N–H and O–H groups in total. The van der Waals surface area contributed by atoms with Gasteiger partial charge in [0.15, 0.2) is 0 Å². The zero-order chi connectivity index (χ0) is 11.4. The zero-order valence-electron chi connectivity index (χ0n) is 8.96. The Hall–Kier alpha value is -0.800. The lowest BCUT2D eigenvalue weighted by molar-refractivity contribution is 0.866. The fraction of sp³-hybridized carbons (Fsp3) is 0.364. The van der Waals surface area contributed by atoms with Crippen LogP contribution in [0.3, 0.4) is 0 Å². The molecule has 15 heavy (non-hydrogen) atoms. The van der Waals surface area contributed by atoms with Gasteiger partial charge in [-0.15, -0.1) is 0 Å². The number of thiocarbonyl (C=S) groups is 1. The lowest BCUT2D eigenvalue weighted by Gasteiger charge is -2.22. The van der Waals surface area contributed by atoms with Crippen molar-refractivity contribution < 1.29 is 0 Å². The normalized spacial score (nSPS) is 10.1. The van der Waals surface area contributed by atoms with Crippen molar-refractivity contribution in [3.63, 3.8) is 0 Å². The number of nitrogens with two attached hydrogens (primary N) is 1. The Morgan fingerprint density at radius 1 is 1.40 bits per heavy atom. The molecule has 0 fully saturated rings. The Labute approximate surface area is 101 Å². The van der Waals surface area contributed by atoms with E-state index in [1.54, 1.807) is 0 Å². The third-order valence-corrected chi connectivity index (χ3v) is 2.87. The Kier molecular flexibility index (Phi) is 4.36. The van der Waals surface area contributed by atoms with Gasteiger partial charge in [-0.3, -0.25) is 0 Å². The maximum Gasteiger partial charge on any atom is 0.104 e. The second-order valence-electron chi connectivity index (χ2n) is 3.20. The summed E-state index contributed by atoms with van der Waals surface area (Å²) in [5, 5.41) is 0.698. The van der Waals surface area contributed by atoms with E-state index in [9.17, 15) is 0 Å². The van der Waals surface area contributed by atoms with Gasteiger partial charge in [0.2, 0.25) is 0 Å². The van der Waals surface area contributed by atoms with Gasteiger partial charge in [0.05, 0.1) is 10.7 Å². The van der Waals surface area contributed by atoms with E-state index in [4.69, 9.17) is 29.6 Å². The summed E-state index contributed by atoms with van der Waals surface area (Å²) in [5.41, 5.74) is 7.37. The molecule has 0 spiro atoms. The van der Waals surface area contributed by atoms with Crippen molar-refractivity contribution in [3.05, 3.63) is 28.8 Å². The Bertz CT molecular complexity index is 362. The molecule has 2 nitrogen and oxygen atoms in total. The lowest BCUT2D eigenvalue weighted by Crippen LogP contribution is -2.22. The Morgan fingerprint density at radius 2 is 2.00 bits per heavy atom. The molecule has 0 aliphatic carbocycles. The molecule has 0 amide bonds. The van der Waals surface area contributed by atoms with Gasteiger partial charge in [-0.1, -0.05) is 23.8 Å². The van der Waals surface area contributed by atoms with Crippen molar-refractivity contribution in [1.82, 2.24) is 0 Å². The lowest BCUT2D eigenvalue weighted by atomic mass is 10.2. The number of nitrogens with zero attached hydrogens (tertiary/aromatic N) is 1. The first-order valence-corrected chi connectivity index (χ1v) is 5.73. The van der Waals surface area contributed by atoms with E-state index < -0.39 is 0 Å². The summed E-state index contributed by atoms with van der Waals surface area (Å²) in [7, 11) is 0. The highest BCUT2D eigenvalue weighted by molar-refractivity contribution is 7.80. The van der Waals surface area contributed by atoms with Crippen molar-refractivity contribution in [1.29, 1.82) is 0 Å². The number of hydrogen-bond acceptors (Lipinski definition) is 2. The predicted octanol–water partition coefficient (Wildman–Crippen LogP) is 2.82. The van der Waals surface area contributed by atoms with Gasteiger partial charge in [-0.05, 0) is 32.0 Å². The summed E-state index contributed by atoms with van der Waals surface area (Å²) >= 11 is 11.1. The minimum absolute atomic E-state index is 0.378. The molecule has 0 atom stereocenters. The largest absolute Gasteiger partial charge is 0.389 e. The van der Waals surface area contributed by atoms with Crippen LogP contribution in [0.5, 0.6) is 0 Å². The van der Waals surface area contributed by atoms with Crippen LogP contribution in [0.25, 0.3) is 0 Å². The molecule has 0 radical (unpaired) electrons. The number of hydrogen-bond donors (Lipinski definition) is 1. The van der Waals surface area contributed by atoms with Crippen molar-refractivity contribution in [2.24, 2.45) is 5.73 Å². The molecule has 1 rings (SSSR count). The van der Waals surface area contributed by atoms with Crippen LogP contribution >= 0.6 is 23.8 Å². The van der Waals surface area contributed by atoms with Gasteiger partial charge >= 0.3 is 0 Å². The fourth-order valence-corrected chi connectivity index (χ4v) is 1.91. The second kappa shape index (κ2) is 5.33. The highest BCUT2D eigenvalue weighted by atomic mass is 35.5. The van der Waals surface area contributed by atoms with Crippen LogP contribution in [0.4, 0.5) is 5.69 Å². The molecular weight excluding hydrogens is 228 g/mol. The van der Waals surface area contributed by atoms with E-state index in [1.165, 1.54) is 0 Å². The van der Waals surface area contributed by atoms with Crippen LogP contribution < -0.4 is 10.6 Å².